The molecule has 0 saturated carbocycles. The van der Waals surface area contributed by atoms with E-state index >= 15 is 0 Å². The lowest BCUT2D eigenvalue weighted by Gasteiger charge is -2.02. The van der Waals surface area contributed by atoms with Gasteiger partial charge >= 0.3 is 5.97 Å². The zero-order valence-corrected chi connectivity index (χ0v) is 8.53. The molecule has 76 valence electrons. The minimum Gasteiger partial charge on any atom is -0.478 e. The first-order chi connectivity index (χ1) is 7.16. The summed E-state index contributed by atoms with van der Waals surface area (Å²) in [5.41, 5.74) is 0.568. The van der Waals surface area contributed by atoms with Crippen LogP contribution in [0.4, 0.5) is 0 Å². The number of halogens is 1. The smallest absolute Gasteiger partial charge is 0.336 e. The summed E-state index contributed by atoms with van der Waals surface area (Å²) in [6.45, 7) is 0. The van der Waals surface area contributed by atoms with Gasteiger partial charge in [0.05, 0.1) is 18.1 Å². The van der Waals surface area contributed by atoms with Crippen molar-refractivity contribution >= 4 is 23.6 Å². The summed E-state index contributed by atoms with van der Waals surface area (Å²) in [5, 5.41) is 17.6. The molecule has 0 aliphatic carbocycles. The Bertz CT molecular complexity index is 446. The lowest BCUT2D eigenvalue weighted by molar-refractivity contribution is 0.0696. The Kier molecular flexibility index (Phi) is 3.90. The van der Waals surface area contributed by atoms with Crippen LogP contribution in [-0.4, -0.2) is 11.1 Å². The van der Waals surface area contributed by atoms with Crippen molar-refractivity contribution in [1.82, 2.24) is 0 Å². The predicted molar refractivity (Wildman–Crippen MR) is 57.7 cm³/mol. The van der Waals surface area contributed by atoms with Crippen LogP contribution in [0.25, 0.3) is 6.08 Å². The summed E-state index contributed by atoms with van der Waals surface area (Å²) >= 11 is 5.85. The Hall–Kier alpha value is -1.79. The van der Waals surface area contributed by atoms with E-state index in [0.29, 0.717) is 10.6 Å². The zero-order chi connectivity index (χ0) is 11.3. The quantitative estimate of drug-likeness (QED) is 0.854. The fraction of sp³-hybridized carbons (Fsp3) is 0.0909. The lowest BCUT2D eigenvalue weighted by Crippen LogP contribution is -1.99. The van der Waals surface area contributed by atoms with Gasteiger partial charge in [-0.25, -0.2) is 4.79 Å². The summed E-state index contributed by atoms with van der Waals surface area (Å²) in [6, 6.07) is 6.59. The third-order valence-corrected chi connectivity index (χ3v) is 2.11. The number of allylic oxidation sites excluding steroid dienone is 1. The van der Waals surface area contributed by atoms with Crippen molar-refractivity contribution in [2.24, 2.45) is 0 Å². The van der Waals surface area contributed by atoms with Crippen LogP contribution in [0.15, 0.2) is 24.3 Å². The number of nitrogens with zero attached hydrogens (tertiary/aromatic N) is 1. The molecule has 0 saturated heterocycles. The molecule has 1 rings (SSSR count). The monoisotopic (exact) mass is 221 g/mol. The highest BCUT2D eigenvalue weighted by molar-refractivity contribution is 6.32. The first kappa shape index (κ1) is 11.3. The number of aromatic carboxylic acids is 1. The van der Waals surface area contributed by atoms with Crippen LogP contribution >= 0.6 is 11.6 Å². The molecule has 0 amide bonds. The number of hydrogen-bond donors (Lipinski definition) is 1. The van der Waals surface area contributed by atoms with E-state index in [9.17, 15) is 4.79 Å². The maximum absolute atomic E-state index is 10.8. The minimum atomic E-state index is -1.03. The molecular weight excluding hydrogens is 214 g/mol. The van der Waals surface area contributed by atoms with E-state index in [-0.39, 0.29) is 12.0 Å². The highest BCUT2D eigenvalue weighted by atomic mass is 35.5. The van der Waals surface area contributed by atoms with Crippen LogP contribution in [0.5, 0.6) is 0 Å². The maximum atomic E-state index is 10.8. The second-order valence-electron chi connectivity index (χ2n) is 2.77. The number of rotatable bonds is 3. The molecule has 0 aromatic heterocycles. The number of hydrogen-bond acceptors (Lipinski definition) is 2. The van der Waals surface area contributed by atoms with Gasteiger partial charge in [0.2, 0.25) is 0 Å². The molecule has 0 aliphatic rings. The molecule has 0 unspecified atom stereocenters. The molecular formula is C11H8ClNO2. The first-order valence-electron chi connectivity index (χ1n) is 4.22. The standard InChI is InChI=1S/C11H8ClNO2/c12-10-6-3-5-9(11(14)15)8(10)4-1-2-7-13/h1,3-6H,2H2,(H,14,15). The molecule has 1 aromatic carbocycles. The summed E-state index contributed by atoms with van der Waals surface area (Å²) in [6.07, 6.45) is 3.35. The van der Waals surface area contributed by atoms with Gasteiger partial charge in [-0.05, 0) is 12.1 Å². The highest BCUT2D eigenvalue weighted by Gasteiger charge is 2.09. The van der Waals surface area contributed by atoms with Crippen molar-refractivity contribution in [2.45, 2.75) is 6.42 Å². The number of benzene rings is 1. The number of nitriles is 1. The zero-order valence-electron chi connectivity index (χ0n) is 7.77. The Morgan fingerprint density at radius 2 is 2.33 bits per heavy atom. The van der Waals surface area contributed by atoms with E-state index < -0.39 is 5.97 Å². The third kappa shape index (κ3) is 2.83. The molecule has 1 N–H and O–H groups in total. The van der Waals surface area contributed by atoms with Gasteiger partial charge in [-0.1, -0.05) is 29.8 Å². The average Bonchev–Trinajstić information content (AvgIpc) is 2.20. The Balaban J connectivity index is 3.14. The molecule has 0 heterocycles. The van der Waals surface area contributed by atoms with E-state index in [0.717, 1.165) is 0 Å². The molecule has 3 nitrogen and oxygen atoms in total. The molecule has 4 heteroatoms. The van der Waals surface area contributed by atoms with E-state index in [1.807, 2.05) is 6.07 Å². The maximum Gasteiger partial charge on any atom is 0.336 e. The van der Waals surface area contributed by atoms with Gasteiger partial charge in [-0.15, -0.1) is 0 Å². The van der Waals surface area contributed by atoms with Gasteiger partial charge < -0.3 is 5.11 Å². The van der Waals surface area contributed by atoms with Crippen LogP contribution < -0.4 is 0 Å². The Labute approximate surface area is 92.2 Å². The van der Waals surface area contributed by atoms with Crippen molar-refractivity contribution < 1.29 is 9.90 Å². The fourth-order valence-corrected chi connectivity index (χ4v) is 1.36. The second kappa shape index (κ2) is 5.18. The van der Waals surface area contributed by atoms with Crippen LogP contribution in [-0.2, 0) is 0 Å². The largest absolute Gasteiger partial charge is 0.478 e. The summed E-state index contributed by atoms with van der Waals surface area (Å²) in [4.78, 5) is 10.8. The highest BCUT2D eigenvalue weighted by Crippen LogP contribution is 2.21. The van der Waals surface area contributed by atoms with Gasteiger partial charge in [-0.3, -0.25) is 0 Å². The normalized spacial score (nSPS) is 10.1. The van der Waals surface area contributed by atoms with Gasteiger partial charge in [-0.2, -0.15) is 5.26 Å². The number of carbonyl (C=O) groups is 1. The summed E-state index contributed by atoms with van der Waals surface area (Å²) in [7, 11) is 0. The summed E-state index contributed by atoms with van der Waals surface area (Å²) in [5.74, 6) is -1.03. The fourth-order valence-electron chi connectivity index (χ4n) is 1.12. The van der Waals surface area contributed by atoms with Crippen LogP contribution in [0.3, 0.4) is 0 Å². The van der Waals surface area contributed by atoms with Crippen LogP contribution in [0.2, 0.25) is 5.02 Å². The molecule has 0 bridgehead atoms. The average molecular weight is 222 g/mol. The van der Waals surface area contributed by atoms with Crippen molar-refractivity contribution in [2.75, 3.05) is 0 Å². The first-order valence-corrected chi connectivity index (χ1v) is 4.60. The van der Waals surface area contributed by atoms with Crippen molar-refractivity contribution in [3.63, 3.8) is 0 Å². The molecule has 0 aliphatic heterocycles. The molecule has 1 aromatic rings. The molecule has 0 atom stereocenters. The molecule has 0 radical (unpaired) electrons. The van der Waals surface area contributed by atoms with E-state index in [1.54, 1.807) is 24.3 Å². The predicted octanol–water partition coefficient (Wildman–Crippen LogP) is 2.97. The van der Waals surface area contributed by atoms with Crippen molar-refractivity contribution in [1.29, 1.82) is 5.26 Å². The van der Waals surface area contributed by atoms with Gasteiger partial charge in [0.25, 0.3) is 0 Å². The van der Waals surface area contributed by atoms with E-state index in [4.69, 9.17) is 22.0 Å². The second-order valence-corrected chi connectivity index (χ2v) is 3.18. The van der Waals surface area contributed by atoms with E-state index in [2.05, 4.69) is 0 Å². The molecule has 0 spiro atoms. The Morgan fingerprint density at radius 1 is 1.60 bits per heavy atom. The Morgan fingerprint density at radius 3 is 2.93 bits per heavy atom. The SMILES string of the molecule is N#CCC=Cc1c(Cl)cccc1C(=O)O. The van der Waals surface area contributed by atoms with Crippen molar-refractivity contribution in [3.05, 3.63) is 40.4 Å². The lowest BCUT2D eigenvalue weighted by atomic mass is 10.1. The number of carboxylic acids is 1. The van der Waals surface area contributed by atoms with Gasteiger partial charge in [0.1, 0.15) is 0 Å². The van der Waals surface area contributed by atoms with Gasteiger partial charge in [0.15, 0.2) is 0 Å². The molecule has 0 fully saturated rings. The van der Waals surface area contributed by atoms with Crippen LogP contribution in [0, 0.1) is 11.3 Å². The van der Waals surface area contributed by atoms with Gasteiger partial charge in [0, 0.05) is 10.6 Å². The summed E-state index contributed by atoms with van der Waals surface area (Å²) < 4.78 is 0. The molecule has 15 heavy (non-hydrogen) atoms. The number of carboxylic acid groups (broad SMARTS) is 1. The third-order valence-electron chi connectivity index (χ3n) is 1.78. The van der Waals surface area contributed by atoms with Crippen LogP contribution in [0.1, 0.15) is 22.3 Å². The van der Waals surface area contributed by atoms with E-state index in [1.165, 1.54) is 6.07 Å². The minimum absolute atomic E-state index is 0.136. The van der Waals surface area contributed by atoms with Crippen molar-refractivity contribution in [3.8, 4) is 6.07 Å². The topological polar surface area (TPSA) is 61.1 Å².